The first-order valence-corrected chi connectivity index (χ1v) is 12.0. The van der Waals surface area contributed by atoms with Gasteiger partial charge in [0.15, 0.2) is 11.7 Å². The number of anilines is 3. The van der Waals surface area contributed by atoms with E-state index in [0.717, 1.165) is 6.07 Å². The molecule has 0 bridgehead atoms. The Balaban J connectivity index is 1.66. The van der Waals surface area contributed by atoms with Crippen LogP contribution in [0.1, 0.15) is 10.4 Å². The fourth-order valence-electron chi connectivity index (χ4n) is 3.15. The lowest BCUT2D eigenvalue weighted by Gasteiger charge is -2.26. The Morgan fingerprint density at radius 1 is 1.16 bits per heavy atom. The van der Waals surface area contributed by atoms with Crippen LogP contribution in [0.3, 0.4) is 0 Å². The van der Waals surface area contributed by atoms with E-state index in [1.54, 1.807) is 0 Å². The van der Waals surface area contributed by atoms with Crippen LogP contribution in [0, 0.1) is 5.92 Å². The number of rotatable bonds is 6. The molecule has 1 unspecified atom stereocenters. The highest BCUT2D eigenvalue weighted by Gasteiger charge is 2.41. The molecule has 13 nitrogen and oxygen atoms in total. The maximum Gasteiger partial charge on any atom is 0.299 e. The topological polar surface area (TPSA) is 196 Å². The molecule has 15 heteroatoms. The van der Waals surface area contributed by atoms with E-state index in [0.29, 0.717) is 0 Å². The van der Waals surface area contributed by atoms with E-state index < -0.39 is 44.4 Å². The Morgan fingerprint density at radius 3 is 2.69 bits per heavy atom. The van der Waals surface area contributed by atoms with Crippen LogP contribution in [-0.4, -0.2) is 57.6 Å². The standard InChI is InChI=1S/C17H16N6O7S2/c24-7-6-19-32(29,30)22-9-3-4-11-12(8-9)31(27,28)23-16(20-11)13-14(25)10-2-1-5-18-15(10)21-17(13)26/h1-5,8,13,19,22,24H,6-7H2,(H,20,23)(H,18,21,26). The number of aromatic nitrogens is 1. The van der Waals surface area contributed by atoms with Gasteiger partial charge in [0.1, 0.15) is 16.5 Å². The number of fused-ring (bicyclic) bond motifs is 2. The number of amides is 1. The van der Waals surface area contributed by atoms with Gasteiger partial charge in [-0.2, -0.15) is 21.6 Å². The fourth-order valence-corrected chi connectivity index (χ4v) is 5.20. The zero-order valence-electron chi connectivity index (χ0n) is 16.1. The summed E-state index contributed by atoms with van der Waals surface area (Å²) in [4.78, 5) is 28.9. The smallest absolute Gasteiger partial charge is 0.299 e. The second-order valence-electron chi connectivity index (χ2n) is 6.70. The van der Waals surface area contributed by atoms with Crippen LogP contribution in [0.4, 0.5) is 17.2 Å². The number of benzene rings is 1. The predicted octanol–water partition coefficient (Wildman–Crippen LogP) is -0.716. The largest absolute Gasteiger partial charge is 0.395 e. The number of carbonyl (C=O) groups excluding carboxylic acids is 2. The van der Waals surface area contributed by atoms with Crippen molar-refractivity contribution in [2.45, 2.75) is 4.90 Å². The average Bonchev–Trinajstić information content (AvgIpc) is 2.72. The molecule has 1 atom stereocenters. The number of ketones is 1. The monoisotopic (exact) mass is 480 g/mol. The van der Waals surface area contributed by atoms with Crippen LogP contribution in [0.15, 0.2) is 45.8 Å². The van der Waals surface area contributed by atoms with Crippen molar-refractivity contribution in [3.63, 3.8) is 0 Å². The van der Waals surface area contributed by atoms with E-state index in [1.165, 1.54) is 30.5 Å². The molecule has 5 N–H and O–H groups in total. The van der Waals surface area contributed by atoms with Crippen molar-refractivity contribution in [1.82, 2.24) is 9.71 Å². The molecule has 0 spiro atoms. The van der Waals surface area contributed by atoms with Gasteiger partial charge < -0.3 is 15.7 Å². The van der Waals surface area contributed by atoms with Crippen molar-refractivity contribution >= 4 is 55.0 Å². The van der Waals surface area contributed by atoms with Gasteiger partial charge in [-0.05, 0) is 30.3 Å². The molecular formula is C17H16N6O7S2. The normalized spacial score (nSPS) is 19.2. The number of aliphatic hydroxyl groups is 1. The number of aliphatic hydroxyl groups excluding tert-OH is 1. The summed E-state index contributed by atoms with van der Waals surface area (Å²) in [5.41, 5.74) is 0.0495. The highest BCUT2D eigenvalue weighted by Crippen LogP contribution is 2.33. The number of hydrogen-bond acceptors (Lipinski definition) is 9. The highest BCUT2D eigenvalue weighted by molar-refractivity contribution is 7.91. The van der Waals surface area contributed by atoms with E-state index in [9.17, 15) is 26.4 Å². The first-order chi connectivity index (χ1) is 15.1. The molecule has 1 aromatic carbocycles. The number of pyridine rings is 1. The van der Waals surface area contributed by atoms with Gasteiger partial charge >= 0.3 is 0 Å². The third-order valence-corrected chi connectivity index (χ3v) is 6.93. The number of sulfonamides is 1. The molecule has 32 heavy (non-hydrogen) atoms. The number of nitrogens with zero attached hydrogens (tertiary/aromatic N) is 2. The minimum Gasteiger partial charge on any atom is -0.395 e. The van der Waals surface area contributed by atoms with Crippen molar-refractivity contribution in [3.8, 4) is 0 Å². The minimum absolute atomic E-state index is 0.0128. The number of Topliss-reactive ketones (excluding diaryl/α,β-unsaturated/α-hetero) is 1. The lowest BCUT2D eigenvalue weighted by Crippen LogP contribution is -2.44. The minimum atomic E-state index is -4.38. The summed E-state index contributed by atoms with van der Waals surface area (Å²) >= 11 is 0. The second-order valence-corrected chi connectivity index (χ2v) is 9.77. The first kappa shape index (κ1) is 21.8. The van der Waals surface area contributed by atoms with E-state index in [2.05, 4.69) is 29.5 Å². The zero-order valence-corrected chi connectivity index (χ0v) is 17.7. The van der Waals surface area contributed by atoms with Crippen LogP contribution >= 0.6 is 0 Å². The van der Waals surface area contributed by atoms with Crippen molar-refractivity contribution in [2.24, 2.45) is 10.3 Å². The Hall–Kier alpha value is -3.40. The Kier molecular flexibility index (Phi) is 5.41. The maximum absolute atomic E-state index is 12.8. The van der Waals surface area contributed by atoms with Gasteiger partial charge in [0, 0.05) is 12.7 Å². The van der Waals surface area contributed by atoms with Gasteiger partial charge in [0.05, 0.1) is 23.5 Å². The zero-order chi connectivity index (χ0) is 23.1. The second kappa shape index (κ2) is 7.94. The molecule has 2 aliphatic heterocycles. The molecule has 1 aromatic heterocycles. The van der Waals surface area contributed by atoms with Crippen LogP contribution in [-0.2, 0) is 25.0 Å². The summed E-state index contributed by atoms with van der Waals surface area (Å²) in [5, 5.41) is 13.9. The molecule has 1 amide bonds. The molecule has 0 radical (unpaired) electrons. The van der Waals surface area contributed by atoms with Gasteiger partial charge in [0.2, 0.25) is 5.91 Å². The van der Waals surface area contributed by atoms with E-state index >= 15 is 0 Å². The number of hydrogen-bond donors (Lipinski definition) is 5. The van der Waals surface area contributed by atoms with Crippen molar-refractivity contribution < 1.29 is 31.5 Å². The van der Waals surface area contributed by atoms with Crippen molar-refractivity contribution in [3.05, 3.63) is 42.1 Å². The third-order valence-electron chi connectivity index (χ3n) is 4.51. The summed E-state index contributed by atoms with van der Waals surface area (Å²) in [6.07, 6.45) is 1.40. The van der Waals surface area contributed by atoms with E-state index in [4.69, 9.17) is 5.11 Å². The maximum atomic E-state index is 12.8. The molecule has 0 aliphatic carbocycles. The summed E-state index contributed by atoms with van der Waals surface area (Å²) < 4.78 is 57.1. The van der Waals surface area contributed by atoms with Gasteiger partial charge in [-0.25, -0.2) is 4.98 Å². The summed E-state index contributed by atoms with van der Waals surface area (Å²) in [6, 6.07) is 6.55. The molecule has 168 valence electrons. The van der Waals surface area contributed by atoms with E-state index in [1.807, 2.05) is 0 Å². The molecule has 0 saturated heterocycles. The summed E-state index contributed by atoms with van der Waals surface area (Å²) in [5.74, 6) is -3.29. The predicted molar refractivity (Wildman–Crippen MR) is 113 cm³/mol. The van der Waals surface area contributed by atoms with Crippen LogP contribution < -0.4 is 20.1 Å². The van der Waals surface area contributed by atoms with Gasteiger partial charge in [-0.1, -0.05) is 0 Å². The van der Waals surface area contributed by atoms with Gasteiger partial charge in [-0.15, -0.1) is 4.40 Å². The van der Waals surface area contributed by atoms with Crippen LogP contribution in [0.25, 0.3) is 0 Å². The first-order valence-electron chi connectivity index (χ1n) is 9.05. The Labute approximate surface area is 182 Å². The Bertz CT molecular complexity index is 1370. The average molecular weight is 480 g/mol. The molecule has 0 fully saturated rings. The lowest BCUT2D eigenvalue weighted by atomic mass is 9.92. The van der Waals surface area contributed by atoms with Crippen LogP contribution in [0.5, 0.6) is 0 Å². The fraction of sp³-hybridized carbons (Fsp3) is 0.176. The summed E-state index contributed by atoms with van der Waals surface area (Å²) in [6.45, 7) is -0.654. The van der Waals surface area contributed by atoms with Crippen molar-refractivity contribution in [2.75, 3.05) is 28.5 Å². The highest BCUT2D eigenvalue weighted by atomic mass is 32.2. The quantitative estimate of drug-likeness (QED) is 0.331. The van der Waals surface area contributed by atoms with Crippen molar-refractivity contribution in [1.29, 1.82) is 0 Å². The molecule has 2 aromatic rings. The molecule has 0 saturated carbocycles. The summed E-state index contributed by atoms with van der Waals surface area (Å²) in [7, 11) is -8.42. The Morgan fingerprint density at radius 2 is 1.94 bits per heavy atom. The third kappa shape index (κ3) is 4.05. The number of carbonyl (C=O) groups is 2. The SMILES string of the molecule is O=C1Nc2ncccc2C(=O)C1C1=NS(=O)(=O)c2cc(NS(=O)(=O)NCCO)ccc2N1. The molecule has 3 heterocycles. The lowest BCUT2D eigenvalue weighted by molar-refractivity contribution is -0.117. The number of amidine groups is 1. The van der Waals surface area contributed by atoms with Gasteiger partial charge in [0.25, 0.3) is 20.2 Å². The molecular weight excluding hydrogens is 464 g/mol. The van der Waals surface area contributed by atoms with E-state index in [-0.39, 0.29) is 40.0 Å². The van der Waals surface area contributed by atoms with Crippen LogP contribution in [0.2, 0.25) is 0 Å². The number of nitrogens with one attached hydrogen (secondary N) is 4. The molecule has 2 aliphatic rings. The molecule has 4 rings (SSSR count). The van der Waals surface area contributed by atoms with Gasteiger partial charge in [-0.3, -0.25) is 14.3 Å².